The maximum Gasteiger partial charge on any atom is 0.258 e. The molecule has 0 spiro atoms. The summed E-state index contributed by atoms with van der Waals surface area (Å²) in [5.41, 5.74) is 6.30. The third kappa shape index (κ3) is 5.14. The van der Waals surface area contributed by atoms with Gasteiger partial charge < -0.3 is 9.88 Å². The van der Waals surface area contributed by atoms with Crippen molar-refractivity contribution in [2.75, 3.05) is 5.32 Å². The first-order valence-corrected chi connectivity index (χ1v) is 12.6. The lowest BCUT2D eigenvalue weighted by atomic mass is 9.94. The minimum atomic E-state index is -0.372. The number of nitrogens with zero attached hydrogens (tertiary/aromatic N) is 1. The number of rotatable bonds is 7. The van der Waals surface area contributed by atoms with Crippen LogP contribution in [-0.4, -0.2) is 10.5 Å². The van der Waals surface area contributed by atoms with Crippen LogP contribution in [0.1, 0.15) is 41.4 Å². The predicted octanol–water partition coefficient (Wildman–Crippen LogP) is 8.52. The van der Waals surface area contributed by atoms with Gasteiger partial charge in [-0.05, 0) is 71.1 Å². The van der Waals surface area contributed by atoms with E-state index in [1.54, 1.807) is 24.3 Å². The quantitative estimate of drug-likeness (QED) is 0.236. The summed E-state index contributed by atoms with van der Waals surface area (Å²) in [5, 5.41) is 2.98. The van der Waals surface area contributed by atoms with Crippen LogP contribution in [0.25, 0.3) is 22.4 Å². The minimum absolute atomic E-state index is 0.00987. The summed E-state index contributed by atoms with van der Waals surface area (Å²) in [6, 6.07) is 32.0. The number of hydrogen-bond acceptors (Lipinski definition) is 1. The number of carbonyl (C=O) groups excluding carboxylic acids is 1. The molecule has 3 nitrogen and oxygen atoms in total. The van der Waals surface area contributed by atoms with Gasteiger partial charge in [-0.15, -0.1) is 0 Å². The number of nitrogens with one attached hydrogen (secondary N) is 1. The zero-order chi connectivity index (χ0) is 26.6. The standard InChI is InChI=1S/C33H28F2N2O/c1-22(2)31-30(33(38)36-28-19-17-27(35)18-20-28)29(24-11-7-4-8-12-24)32(25-13-15-26(34)16-14-25)37(31)21-23-9-5-3-6-10-23/h3-20,22H,21H2,1-2H3,(H,36,38). The third-order valence-electron chi connectivity index (χ3n) is 6.54. The Labute approximate surface area is 221 Å². The first-order chi connectivity index (χ1) is 18.4. The van der Waals surface area contributed by atoms with Crippen molar-refractivity contribution in [1.29, 1.82) is 0 Å². The fourth-order valence-electron chi connectivity index (χ4n) is 4.92. The van der Waals surface area contributed by atoms with Gasteiger partial charge in [0, 0.05) is 23.5 Å². The second-order valence-electron chi connectivity index (χ2n) is 9.54. The smallest absolute Gasteiger partial charge is 0.258 e. The van der Waals surface area contributed by atoms with Gasteiger partial charge in [-0.3, -0.25) is 4.79 Å². The van der Waals surface area contributed by atoms with Gasteiger partial charge in [0.2, 0.25) is 0 Å². The Morgan fingerprint density at radius 1 is 0.737 bits per heavy atom. The average Bonchev–Trinajstić information content (AvgIpc) is 3.26. The van der Waals surface area contributed by atoms with Crippen molar-refractivity contribution in [3.63, 3.8) is 0 Å². The largest absolute Gasteiger partial charge is 0.339 e. The van der Waals surface area contributed by atoms with Gasteiger partial charge in [-0.2, -0.15) is 0 Å². The zero-order valence-corrected chi connectivity index (χ0v) is 21.3. The molecule has 0 aliphatic carbocycles. The average molecular weight is 507 g/mol. The van der Waals surface area contributed by atoms with Crippen LogP contribution in [0, 0.1) is 11.6 Å². The zero-order valence-electron chi connectivity index (χ0n) is 21.3. The Bertz CT molecular complexity index is 1540. The molecule has 190 valence electrons. The molecule has 0 fully saturated rings. The monoisotopic (exact) mass is 506 g/mol. The Kier molecular flexibility index (Phi) is 7.18. The Morgan fingerprint density at radius 2 is 1.29 bits per heavy atom. The van der Waals surface area contributed by atoms with E-state index in [0.29, 0.717) is 17.8 Å². The SMILES string of the molecule is CC(C)c1c(C(=O)Nc2ccc(F)cc2)c(-c2ccccc2)c(-c2ccc(F)cc2)n1Cc1ccccc1. The van der Waals surface area contributed by atoms with Crippen molar-refractivity contribution in [3.05, 3.63) is 138 Å². The van der Waals surface area contributed by atoms with Crippen molar-refractivity contribution < 1.29 is 13.6 Å². The number of anilines is 1. The molecule has 4 aromatic carbocycles. The summed E-state index contributed by atoms with van der Waals surface area (Å²) >= 11 is 0. The van der Waals surface area contributed by atoms with Crippen LogP contribution in [-0.2, 0) is 6.54 Å². The molecule has 0 saturated heterocycles. The maximum atomic E-state index is 14.0. The van der Waals surface area contributed by atoms with Crippen LogP contribution in [0.15, 0.2) is 109 Å². The highest BCUT2D eigenvalue weighted by Crippen LogP contribution is 2.42. The third-order valence-corrected chi connectivity index (χ3v) is 6.54. The fraction of sp³-hybridized carbons (Fsp3) is 0.121. The summed E-state index contributed by atoms with van der Waals surface area (Å²) in [5.74, 6) is -0.989. The van der Waals surface area contributed by atoms with Crippen LogP contribution < -0.4 is 5.32 Å². The number of carbonyl (C=O) groups is 1. The summed E-state index contributed by atoms with van der Waals surface area (Å²) in [4.78, 5) is 14.0. The van der Waals surface area contributed by atoms with Gasteiger partial charge in [0.15, 0.2) is 0 Å². The fourth-order valence-corrected chi connectivity index (χ4v) is 4.92. The second-order valence-corrected chi connectivity index (χ2v) is 9.54. The molecule has 5 rings (SSSR count). The van der Waals surface area contributed by atoms with Crippen LogP contribution >= 0.6 is 0 Å². The van der Waals surface area contributed by atoms with Gasteiger partial charge in [-0.25, -0.2) is 8.78 Å². The molecule has 1 amide bonds. The highest BCUT2D eigenvalue weighted by Gasteiger charge is 2.30. The van der Waals surface area contributed by atoms with E-state index in [-0.39, 0.29) is 23.5 Å². The molecular weight excluding hydrogens is 478 g/mol. The normalized spacial score (nSPS) is 11.1. The van der Waals surface area contributed by atoms with Crippen molar-refractivity contribution in [1.82, 2.24) is 4.57 Å². The summed E-state index contributed by atoms with van der Waals surface area (Å²) in [6.45, 7) is 4.66. The first kappa shape index (κ1) is 25.2. The molecule has 1 N–H and O–H groups in total. The number of benzene rings is 4. The molecule has 0 unspecified atom stereocenters. The highest BCUT2D eigenvalue weighted by atomic mass is 19.1. The number of halogens is 2. The van der Waals surface area contributed by atoms with E-state index in [9.17, 15) is 13.6 Å². The lowest BCUT2D eigenvalue weighted by Crippen LogP contribution is -2.16. The predicted molar refractivity (Wildman–Crippen MR) is 149 cm³/mol. The van der Waals surface area contributed by atoms with Crippen molar-refractivity contribution in [2.45, 2.75) is 26.3 Å². The Hall–Kier alpha value is -4.51. The molecule has 0 bridgehead atoms. The summed E-state index contributed by atoms with van der Waals surface area (Å²) in [6.07, 6.45) is 0. The van der Waals surface area contributed by atoms with Gasteiger partial charge in [0.25, 0.3) is 5.91 Å². The van der Waals surface area contributed by atoms with Crippen LogP contribution in [0.4, 0.5) is 14.5 Å². The highest BCUT2D eigenvalue weighted by molar-refractivity contribution is 6.12. The number of hydrogen-bond donors (Lipinski definition) is 1. The molecular formula is C33H28F2N2O. The van der Waals surface area contributed by atoms with E-state index in [1.807, 2.05) is 48.5 Å². The van der Waals surface area contributed by atoms with Crippen LogP contribution in [0.2, 0.25) is 0 Å². The molecule has 0 aliphatic heterocycles. The minimum Gasteiger partial charge on any atom is -0.339 e. The van der Waals surface area contributed by atoms with E-state index in [1.165, 1.54) is 24.3 Å². The molecule has 38 heavy (non-hydrogen) atoms. The topological polar surface area (TPSA) is 34.0 Å². The molecule has 0 saturated carbocycles. The van der Waals surface area contributed by atoms with Gasteiger partial charge in [0.05, 0.1) is 11.3 Å². The lowest BCUT2D eigenvalue weighted by molar-refractivity contribution is 0.102. The van der Waals surface area contributed by atoms with Gasteiger partial charge in [-0.1, -0.05) is 74.5 Å². The van der Waals surface area contributed by atoms with Gasteiger partial charge in [0.1, 0.15) is 11.6 Å². The summed E-state index contributed by atoms with van der Waals surface area (Å²) in [7, 11) is 0. The first-order valence-electron chi connectivity index (χ1n) is 12.6. The second kappa shape index (κ2) is 10.9. The lowest BCUT2D eigenvalue weighted by Gasteiger charge is -2.17. The van der Waals surface area contributed by atoms with E-state index in [4.69, 9.17) is 0 Å². The summed E-state index contributed by atoms with van der Waals surface area (Å²) < 4.78 is 29.7. The van der Waals surface area contributed by atoms with Crippen LogP contribution in [0.3, 0.4) is 0 Å². The van der Waals surface area contributed by atoms with E-state index >= 15 is 0 Å². The van der Waals surface area contributed by atoms with Crippen molar-refractivity contribution in [2.24, 2.45) is 0 Å². The number of amides is 1. The number of aromatic nitrogens is 1. The molecule has 0 radical (unpaired) electrons. The van der Waals surface area contributed by atoms with Crippen LogP contribution in [0.5, 0.6) is 0 Å². The molecule has 5 aromatic rings. The van der Waals surface area contributed by atoms with E-state index < -0.39 is 0 Å². The van der Waals surface area contributed by atoms with E-state index in [0.717, 1.165) is 33.6 Å². The van der Waals surface area contributed by atoms with Gasteiger partial charge >= 0.3 is 0 Å². The molecule has 0 atom stereocenters. The molecule has 0 aliphatic rings. The maximum absolute atomic E-state index is 14.0. The Morgan fingerprint density at radius 3 is 1.87 bits per heavy atom. The molecule has 1 heterocycles. The van der Waals surface area contributed by atoms with Crippen molar-refractivity contribution >= 4 is 11.6 Å². The molecule has 5 heteroatoms. The van der Waals surface area contributed by atoms with E-state index in [2.05, 4.69) is 35.9 Å². The molecule has 1 aromatic heterocycles. The van der Waals surface area contributed by atoms with Crippen molar-refractivity contribution in [3.8, 4) is 22.4 Å². The Balaban J connectivity index is 1.81.